The van der Waals surface area contributed by atoms with Gasteiger partial charge in [-0.25, -0.2) is 0 Å². The van der Waals surface area contributed by atoms with Crippen molar-refractivity contribution >= 4 is 27.5 Å². The smallest absolute Gasteiger partial charge is 0.218 e. The Bertz CT molecular complexity index is 97.7. The zero-order valence-electron chi connectivity index (χ0n) is 6.13. The lowest BCUT2D eigenvalue weighted by atomic mass is 10.5. The maximum absolute atomic E-state index is 10.2. The first-order chi connectivity index (χ1) is 4.77. The van der Waals surface area contributed by atoms with E-state index in [4.69, 9.17) is 5.73 Å². The number of carbonyl (C=O) groups excluding carboxylic acids is 1. The van der Waals surface area contributed by atoms with Gasteiger partial charge in [0, 0.05) is 17.9 Å². The van der Waals surface area contributed by atoms with Crippen molar-refractivity contribution in [1.29, 1.82) is 0 Å². The topological polar surface area (TPSA) is 43.1 Å². The zero-order chi connectivity index (χ0) is 7.82. The van der Waals surface area contributed by atoms with Crippen molar-refractivity contribution in [3.8, 4) is 0 Å². The number of nitrogens with two attached hydrogens (primary N) is 1. The highest BCUT2D eigenvalue weighted by molar-refractivity contribution is 8.76. The van der Waals surface area contributed by atoms with Crippen molar-refractivity contribution in [1.82, 2.24) is 0 Å². The lowest BCUT2D eigenvalue weighted by Crippen LogP contribution is -2.10. The van der Waals surface area contributed by atoms with Gasteiger partial charge < -0.3 is 5.73 Å². The summed E-state index contributed by atoms with van der Waals surface area (Å²) < 4.78 is 0. The molecule has 0 atom stereocenters. The van der Waals surface area contributed by atoms with Gasteiger partial charge in [0.1, 0.15) is 0 Å². The number of primary amides is 1. The van der Waals surface area contributed by atoms with E-state index in [9.17, 15) is 4.79 Å². The first-order valence-electron chi connectivity index (χ1n) is 3.30. The van der Waals surface area contributed by atoms with Gasteiger partial charge in [0.2, 0.25) is 5.91 Å². The van der Waals surface area contributed by atoms with Crippen LogP contribution in [0.1, 0.15) is 19.8 Å². The van der Waals surface area contributed by atoms with Crippen LogP contribution in [0.5, 0.6) is 0 Å². The lowest BCUT2D eigenvalue weighted by molar-refractivity contribution is -0.117. The van der Waals surface area contributed by atoms with Crippen LogP contribution in [0.15, 0.2) is 0 Å². The van der Waals surface area contributed by atoms with Crippen LogP contribution < -0.4 is 5.73 Å². The normalized spacial score (nSPS) is 9.70. The molecule has 10 heavy (non-hydrogen) atoms. The molecule has 0 aliphatic heterocycles. The zero-order valence-corrected chi connectivity index (χ0v) is 7.76. The van der Waals surface area contributed by atoms with Crippen molar-refractivity contribution in [3.05, 3.63) is 0 Å². The number of hydrogen-bond acceptors (Lipinski definition) is 3. The highest BCUT2D eigenvalue weighted by Crippen LogP contribution is 2.21. The van der Waals surface area contributed by atoms with Gasteiger partial charge in [-0.1, -0.05) is 28.5 Å². The Morgan fingerprint density at radius 1 is 1.40 bits per heavy atom. The Hall–Kier alpha value is 0.170. The molecular formula is C6H13NOS2. The van der Waals surface area contributed by atoms with E-state index in [-0.39, 0.29) is 5.91 Å². The monoisotopic (exact) mass is 179 g/mol. The fraction of sp³-hybridized carbons (Fsp3) is 0.833. The third-order valence-electron chi connectivity index (χ3n) is 0.803. The van der Waals surface area contributed by atoms with Gasteiger partial charge in [-0.3, -0.25) is 4.79 Å². The summed E-state index contributed by atoms with van der Waals surface area (Å²) in [7, 11) is 3.53. The van der Waals surface area contributed by atoms with E-state index in [1.165, 1.54) is 6.42 Å². The molecule has 1 amide bonds. The number of rotatable bonds is 6. The lowest BCUT2D eigenvalue weighted by Gasteiger charge is -1.95. The molecule has 0 saturated heterocycles. The summed E-state index contributed by atoms with van der Waals surface area (Å²) in [6.45, 7) is 2.14. The molecule has 0 unspecified atom stereocenters. The summed E-state index contributed by atoms with van der Waals surface area (Å²) in [5.41, 5.74) is 4.95. The molecule has 0 bridgehead atoms. The van der Waals surface area contributed by atoms with Gasteiger partial charge in [-0.2, -0.15) is 0 Å². The van der Waals surface area contributed by atoms with Crippen molar-refractivity contribution in [3.63, 3.8) is 0 Å². The fourth-order valence-corrected chi connectivity index (χ4v) is 2.49. The largest absolute Gasteiger partial charge is 0.370 e. The van der Waals surface area contributed by atoms with Crippen LogP contribution in [0.4, 0.5) is 0 Å². The first-order valence-corrected chi connectivity index (χ1v) is 5.79. The number of amides is 1. The fourth-order valence-electron chi connectivity index (χ4n) is 0.343. The number of hydrogen-bond donors (Lipinski definition) is 1. The van der Waals surface area contributed by atoms with Gasteiger partial charge in [0.15, 0.2) is 0 Å². The minimum absolute atomic E-state index is 0.204. The molecule has 0 heterocycles. The third kappa shape index (κ3) is 8.17. The third-order valence-corrected chi connectivity index (χ3v) is 3.41. The van der Waals surface area contributed by atoms with E-state index in [2.05, 4.69) is 6.92 Å². The Morgan fingerprint density at radius 2 is 2.00 bits per heavy atom. The summed E-state index contributed by atoms with van der Waals surface area (Å²) in [5.74, 6) is 1.80. The SMILES string of the molecule is CCCSSCCC(N)=O. The molecule has 0 spiro atoms. The second-order valence-electron chi connectivity index (χ2n) is 1.86. The van der Waals surface area contributed by atoms with Crippen LogP contribution in [0.2, 0.25) is 0 Å². The second-order valence-corrected chi connectivity index (χ2v) is 4.56. The van der Waals surface area contributed by atoms with E-state index in [0.717, 1.165) is 11.5 Å². The summed E-state index contributed by atoms with van der Waals surface area (Å²) in [4.78, 5) is 10.2. The van der Waals surface area contributed by atoms with Crippen molar-refractivity contribution in [2.45, 2.75) is 19.8 Å². The van der Waals surface area contributed by atoms with E-state index >= 15 is 0 Å². The molecule has 0 aromatic rings. The van der Waals surface area contributed by atoms with E-state index in [1.54, 1.807) is 21.6 Å². The van der Waals surface area contributed by atoms with Gasteiger partial charge in [-0.15, -0.1) is 0 Å². The summed E-state index contributed by atoms with van der Waals surface area (Å²) in [6.07, 6.45) is 1.69. The van der Waals surface area contributed by atoms with Crippen LogP contribution >= 0.6 is 21.6 Å². The molecule has 2 N–H and O–H groups in total. The molecule has 0 aliphatic carbocycles. The predicted octanol–water partition coefficient (Wildman–Crippen LogP) is 1.65. The van der Waals surface area contributed by atoms with Gasteiger partial charge in [-0.05, 0) is 6.42 Å². The molecule has 4 heteroatoms. The molecule has 2 nitrogen and oxygen atoms in total. The Morgan fingerprint density at radius 3 is 2.50 bits per heavy atom. The average Bonchev–Trinajstić information content (AvgIpc) is 1.87. The van der Waals surface area contributed by atoms with E-state index in [0.29, 0.717) is 6.42 Å². The van der Waals surface area contributed by atoms with Gasteiger partial charge >= 0.3 is 0 Å². The molecule has 0 aromatic carbocycles. The van der Waals surface area contributed by atoms with Gasteiger partial charge in [0.05, 0.1) is 0 Å². The minimum Gasteiger partial charge on any atom is -0.370 e. The molecule has 0 fully saturated rings. The Kier molecular flexibility index (Phi) is 7.40. The quantitative estimate of drug-likeness (QED) is 0.498. The molecular weight excluding hydrogens is 166 g/mol. The average molecular weight is 179 g/mol. The first kappa shape index (κ1) is 10.2. The van der Waals surface area contributed by atoms with Crippen LogP contribution in [0, 0.1) is 0 Å². The Balaban J connectivity index is 2.84. The van der Waals surface area contributed by atoms with Crippen LogP contribution in [-0.2, 0) is 4.79 Å². The summed E-state index contributed by atoms with van der Waals surface area (Å²) in [6, 6.07) is 0. The molecule has 0 radical (unpaired) electrons. The van der Waals surface area contributed by atoms with Crippen molar-refractivity contribution in [2.24, 2.45) is 5.73 Å². The maximum atomic E-state index is 10.2. The second kappa shape index (κ2) is 7.28. The van der Waals surface area contributed by atoms with Crippen molar-refractivity contribution < 1.29 is 4.79 Å². The standard InChI is InChI=1S/C6H13NOS2/c1-2-4-9-10-5-3-6(7)8/h2-5H2,1H3,(H2,7,8). The highest BCUT2D eigenvalue weighted by Gasteiger charge is 1.93. The molecule has 0 aliphatic rings. The van der Waals surface area contributed by atoms with Crippen LogP contribution in [0.3, 0.4) is 0 Å². The molecule has 0 aromatic heterocycles. The summed E-state index contributed by atoms with van der Waals surface area (Å²) in [5, 5.41) is 0. The Labute approximate surface area is 69.7 Å². The predicted molar refractivity (Wildman–Crippen MR) is 49.0 cm³/mol. The maximum Gasteiger partial charge on any atom is 0.218 e. The molecule has 60 valence electrons. The molecule has 0 rings (SSSR count). The van der Waals surface area contributed by atoms with Gasteiger partial charge in [0.25, 0.3) is 0 Å². The van der Waals surface area contributed by atoms with E-state index in [1.807, 2.05) is 0 Å². The van der Waals surface area contributed by atoms with E-state index < -0.39 is 0 Å². The number of carbonyl (C=O) groups is 1. The summed E-state index contributed by atoms with van der Waals surface area (Å²) >= 11 is 0. The molecule has 0 saturated carbocycles. The van der Waals surface area contributed by atoms with Crippen LogP contribution in [0.25, 0.3) is 0 Å². The minimum atomic E-state index is -0.204. The van der Waals surface area contributed by atoms with Crippen molar-refractivity contribution in [2.75, 3.05) is 11.5 Å². The highest BCUT2D eigenvalue weighted by atomic mass is 33.1. The van der Waals surface area contributed by atoms with Crippen LogP contribution in [-0.4, -0.2) is 17.4 Å².